The normalized spacial score (nSPS) is 10.6. The molecule has 0 aliphatic carbocycles. The Labute approximate surface area is 158 Å². The average Bonchev–Trinajstić information content (AvgIpc) is 3.07. The van der Waals surface area contributed by atoms with Crippen LogP contribution in [0, 0.1) is 10.1 Å². The molecule has 0 N–H and O–H groups in total. The van der Waals surface area contributed by atoms with Crippen LogP contribution in [0.1, 0.15) is 15.9 Å². The minimum atomic E-state index is -0.632. The molecule has 0 radical (unpaired) electrons. The molecule has 3 aromatic rings. The maximum Gasteiger partial charge on any atom is 0.339 e. The molecule has 1 aromatic heterocycles. The van der Waals surface area contributed by atoms with Gasteiger partial charge >= 0.3 is 5.97 Å². The van der Waals surface area contributed by atoms with Crippen LogP contribution in [0.3, 0.4) is 0 Å². The van der Waals surface area contributed by atoms with Crippen molar-refractivity contribution in [3.8, 4) is 0 Å². The number of hydrogen-bond acceptors (Lipinski definition) is 8. The van der Waals surface area contributed by atoms with Crippen molar-refractivity contribution in [2.75, 3.05) is 6.61 Å². The van der Waals surface area contributed by atoms with Gasteiger partial charge in [-0.15, -0.1) is 5.10 Å². The van der Waals surface area contributed by atoms with Crippen molar-refractivity contribution < 1.29 is 14.5 Å². The van der Waals surface area contributed by atoms with Crippen LogP contribution in [-0.4, -0.2) is 37.7 Å². The van der Waals surface area contributed by atoms with Crippen LogP contribution in [0.2, 0.25) is 0 Å². The molecule has 0 atom stereocenters. The summed E-state index contributed by atoms with van der Waals surface area (Å²) in [6.45, 7) is 0.168. The summed E-state index contributed by atoms with van der Waals surface area (Å²) >= 11 is 1.13. The monoisotopic (exact) mass is 385 g/mol. The zero-order valence-corrected chi connectivity index (χ0v) is 15.1. The fraction of sp³-hybridized carbons (Fsp3) is 0.176. The lowest BCUT2D eigenvalue weighted by Gasteiger charge is -2.09. The van der Waals surface area contributed by atoms with E-state index in [2.05, 4.69) is 15.5 Å². The summed E-state index contributed by atoms with van der Waals surface area (Å²) in [5, 5.41) is 22.6. The van der Waals surface area contributed by atoms with E-state index in [9.17, 15) is 14.9 Å². The number of esters is 1. The highest BCUT2D eigenvalue weighted by Crippen LogP contribution is 2.31. The van der Waals surface area contributed by atoms with Gasteiger partial charge in [-0.25, -0.2) is 9.48 Å². The van der Waals surface area contributed by atoms with E-state index in [0.29, 0.717) is 16.5 Å². The standard InChI is InChI=1S/C17H15N5O4S/c1-21-17(18-19-20-21)27-15-8-7-13(22(24)25)11-14(15)16(23)26-10-9-12-5-3-2-4-6-12/h2-8,11H,9-10H2,1H3. The molecule has 0 aliphatic rings. The number of nitro benzene ring substituents is 1. The number of aryl methyl sites for hydroxylation is 1. The van der Waals surface area contributed by atoms with Gasteiger partial charge < -0.3 is 4.74 Å². The van der Waals surface area contributed by atoms with Crippen molar-refractivity contribution in [1.29, 1.82) is 0 Å². The van der Waals surface area contributed by atoms with Gasteiger partial charge in [0, 0.05) is 30.5 Å². The number of carbonyl (C=O) groups excluding carboxylic acids is 1. The first-order valence-electron chi connectivity index (χ1n) is 7.94. The Morgan fingerprint density at radius 3 is 2.70 bits per heavy atom. The van der Waals surface area contributed by atoms with Crippen LogP contribution in [0.5, 0.6) is 0 Å². The highest BCUT2D eigenvalue weighted by Gasteiger charge is 2.20. The predicted molar refractivity (Wildman–Crippen MR) is 96.4 cm³/mol. The number of hydrogen-bond donors (Lipinski definition) is 0. The molecule has 0 fully saturated rings. The largest absolute Gasteiger partial charge is 0.462 e. The molecule has 1 heterocycles. The number of tetrazole rings is 1. The van der Waals surface area contributed by atoms with Crippen molar-refractivity contribution in [1.82, 2.24) is 20.2 Å². The lowest BCUT2D eigenvalue weighted by Crippen LogP contribution is -2.10. The van der Waals surface area contributed by atoms with E-state index < -0.39 is 10.9 Å². The number of aromatic nitrogens is 4. The number of ether oxygens (including phenoxy) is 1. The zero-order valence-electron chi connectivity index (χ0n) is 14.3. The van der Waals surface area contributed by atoms with E-state index in [0.717, 1.165) is 17.3 Å². The minimum Gasteiger partial charge on any atom is -0.462 e. The Balaban J connectivity index is 1.78. The first-order chi connectivity index (χ1) is 13.0. The van der Waals surface area contributed by atoms with Crippen molar-refractivity contribution in [3.63, 3.8) is 0 Å². The molecule has 0 saturated carbocycles. The van der Waals surface area contributed by atoms with Gasteiger partial charge in [-0.2, -0.15) is 0 Å². The van der Waals surface area contributed by atoms with Crippen molar-refractivity contribution in [2.24, 2.45) is 7.05 Å². The molecule has 0 bridgehead atoms. The van der Waals surface area contributed by atoms with Gasteiger partial charge in [0.25, 0.3) is 5.69 Å². The topological polar surface area (TPSA) is 113 Å². The molecule has 10 heteroatoms. The van der Waals surface area contributed by atoms with Crippen LogP contribution >= 0.6 is 11.8 Å². The summed E-state index contributed by atoms with van der Waals surface area (Å²) < 4.78 is 6.76. The third-order valence-electron chi connectivity index (χ3n) is 3.64. The van der Waals surface area contributed by atoms with Crippen LogP contribution in [0.15, 0.2) is 58.6 Å². The molecular formula is C17H15N5O4S. The zero-order chi connectivity index (χ0) is 19.2. The SMILES string of the molecule is Cn1nnnc1Sc1ccc([N+](=O)[O-])cc1C(=O)OCCc1ccccc1. The Bertz CT molecular complexity index is 961. The first kappa shape index (κ1) is 18.5. The second-order valence-corrected chi connectivity index (χ2v) is 6.51. The van der Waals surface area contributed by atoms with E-state index in [1.54, 1.807) is 7.05 Å². The number of carbonyl (C=O) groups is 1. The molecule has 27 heavy (non-hydrogen) atoms. The Kier molecular flexibility index (Phi) is 5.77. The molecule has 2 aromatic carbocycles. The lowest BCUT2D eigenvalue weighted by molar-refractivity contribution is -0.384. The minimum absolute atomic E-state index is 0.102. The van der Waals surface area contributed by atoms with Gasteiger partial charge in [-0.1, -0.05) is 30.3 Å². The summed E-state index contributed by atoms with van der Waals surface area (Å²) in [7, 11) is 1.66. The quantitative estimate of drug-likeness (QED) is 0.346. The third kappa shape index (κ3) is 4.67. The van der Waals surface area contributed by atoms with Crippen LogP contribution in [-0.2, 0) is 18.2 Å². The van der Waals surface area contributed by atoms with Gasteiger partial charge in [0.1, 0.15) is 0 Å². The summed E-state index contributed by atoms with van der Waals surface area (Å²) in [4.78, 5) is 23.5. The van der Waals surface area contributed by atoms with E-state index in [1.165, 1.54) is 22.9 Å². The fourth-order valence-electron chi connectivity index (χ4n) is 2.27. The Hall–Kier alpha value is -3.27. The van der Waals surface area contributed by atoms with Crippen molar-refractivity contribution in [2.45, 2.75) is 16.5 Å². The van der Waals surface area contributed by atoms with Crippen molar-refractivity contribution in [3.05, 3.63) is 69.8 Å². The molecular weight excluding hydrogens is 370 g/mol. The molecule has 9 nitrogen and oxygen atoms in total. The summed E-state index contributed by atoms with van der Waals surface area (Å²) in [6.07, 6.45) is 0.553. The Morgan fingerprint density at radius 1 is 1.26 bits per heavy atom. The number of rotatable bonds is 7. The van der Waals surface area contributed by atoms with E-state index in [1.807, 2.05) is 30.3 Å². The smallest absolute Gasteiger partial charge is 0.339 e. The summed E-state index contributed by atoms with van der Waals surface area (Å²) in [6, 6.07) is 13.6. The third-order valence-corrected chi connectivity index (χ3v) is 4.75. The number of nitrogens with zero attached hydrogens (tertiary/aromatic N) is 5. The number of benzene rings is 2. The average molecular weight is 385 g/mol. The Morgan fingerprint density at radius 2 is 2.04 bits per heavy atom. The van der Waals surface area contributed by atoms with E-state index in [4.69, 9.17) is 4.74 Å². The van der Waals surface area contributed by atoms with Gasteiger partial charge in [0.15, 0.2) is 0 Å². The molecule has 138 valence electrons. The van der Waals surface area contributed by atoms with Gasteiger partial charge in [0.05, 0.1) is 17.1 Å². The molecule has 0 amide bonds. The molecule has 0 aliphatic heterocycles. The predicted octanol–water partition coefficient (Wildman–Crippen LogP) is 2.67. The second kappa shape index (κ2) is 8.41. The molecule has 0 saturated heterocycles. The number of nitro groups is 1. The maximum absolute atomic E-state index is 12.5. The van der Waals surface area contributed by atoms with Crippen LogP contribution in [0.25, 0.3) is 0 Å². The highest BCUT2D eigenvalue weighted by molar-refractivity contribution is 7.99. The second-order valence-electron chi connectivity index (χ2n) is 5.50. The first-order valence-corrected chi connectivity index (χ1v) is 8.76. The van der Waals surface area contributed by atoms with Gasteiger partial charge in [-0.05, 0) is 33.8 Å². The summed E-state index contributed by atoms with van der Waals surface area (Å²) in [5.41, 5.74) is 0.944. The van der Waals surface area contributed by atoms with Gasteiger partial charge in [-0.3, -0.25) is 10.1 Å². The highest BCUT2D eigenvalue weighted by atomic mass is 32.2. The van der Waals surface area contributed by atoms with Crippen molar-refractivity contribution >= 4 is 23.4 Å². The molecule has 0 spiro atoms. The summed E-state index contributed by atoms with van der Waals surface area (Å²) in [5.74, 6) is -0.632. The van der Waals surface area contributed by atoms with Gasteiger partial charge in [0.2, 0.25) is 5.16 Å². The van der Waals surface area contributed by atoms with Crippen LogP contribution in [0.4, 0.5) is 5.69 Å². The fourth-order valence-corrected chi connectivity index (χ4v) is 3.10. The van der Waals surface area contributed by atoms with E-state index in [-0.39, 0.29) is 17.9 Å². The van der Waals surface area contributed by atoms with Crippen LogP contribution < -0.4 is 0 Å². The lowest BCUT2D eigenvalue weighted by atomic mass is 10.2. The maximum atomic E-state index is 12.5. The molecule has 0 unspecified atom stereocenters. The number of non-ortho nitro benzene ring substituents is 1. The molecule has 3 rings (SSSR count). The van der Waals surface area contributed by atoms with E-state index >= 15 is 0 Å².